The number of hydrogen-bond donors (Lipinski definition) is 2. The fourth-order valence-corrected chi connectivity index (χ4v) is 3.50. The molecule has 146 valence electrons. The highest BCUT2D eigenvalue weighted by Gasteiger charge is 2.15. The van der Waals surface area contributed by atoms with Crippen molar-refractivity contribution >= 4 is 17.1 Å². The van der Waals surface area contributed by atoms with Gasteiger partial charge in [0.15, 0.2) is 11.2 Å². The molecule has 0 aliphatic carbocycles. The second-order valence-electron chi connectivity index (χ2n) is 6.82. The minimum atomic E-state index is -0.953. The van der Waals surface area contributed by atoms with Crippen molar-refractivity contribution in [2.45, 2.75) is 26.3 Å². The molecule has 0 saturated heterocycles. The molecule has 0 unspecified atom stereocenters. The molecular formula is C22H20N4O3. The first-order valence-corrected chi connectivity index (χ1v) is 9.43. The maximum Gasteiger partial charge on any atom is 0.336 e. The van der Waals surface area contributed by atoms with Gasteiger partial charge in [0.1, 0.15) is 5.82 Å². The van der Waals surface area contributed by atoms with Gasteiger partial charge in [0.2, 0.25) is 0 Å². The van der Waals surface area contributed by atoms with Gasteiger partial charge in [-0.25, -0.2) is 14.8 Å². The number of carboxylic acid groups (broad SMARTS) is 1. The van der Waals surface area contributed by atoms with E-state index in [1.54, 1.807) is 18.2 Å². The Morgan fingerprint density at radius 3 is 2.62 bits per heavy atom. The van der Waals surface area contributed by atoms with E-state index in [9.17, 15) is 14.7 Å². The molecular weight excluding hydrogens is 368 g/mol. The average molecular weight is 388 g/mol. The zero-order valence-corrected chi connectivity index (χ0v) is 15.9. The van der Waals surface area contributed by atoms with E-state index in [0.29, 0.717) is 23.3 Å². The van der Waals surface area contributed by atoms with Crippen LogP contribution in [0.25, 0.3) is 22.3 Å². The molecule has 0 bridgehead atoms. The summed E-state index contributed by atoms with van der Waals surface area (Å²) in [6.07, 6.45) is 3.03. The molecule has 4 aromatic rings. The highest BCUT2D eigenvalue weighted by molar-refractivity contribution is 5.96. The fourth-order valence-electron chi connectivity index (χ4n) is 3.50. The summed E-state index contributed by atoms with van der Waals surface area (Å²) in [5.74, 6) is -0.127. The molecule has 2 aromatic heterocycles. The number of carboxylic acids is 1. The fraction of sp³-hybridized carbons (Fsp3) is 0.182. The summed E-state index contributed by atoms with van der Waals surface area (Å²) >= 11 is 0. The Kier molecular flexibility index (Phi) is 4.95. The standard InChI is InChI=1S/C22H20N4O3/c1-2-5-18-25-20-19(21(27)24-13-23-20)26(18)12-14-8-10-15(11-9-14)16-6-3-4-7-17(16)22(28)29/h3-4,6-11,13H,2,5,12H2,1H3,(H,28,29)(H,23,24,27). The average Bonchev–Trinajstić information content (AvgIpc) is 3.07. The lowest BCUT2D eigenvalue weighted by molar-refractivity contribution is 0.0697. The summed E-state index contributed by atoms with van der Waals surface area (Å²) in [6.45, 7) is 2.55. The summed E-state index contributed by atoms with van der Waals surface area (Å²) in [4.78, 5) is 35.1. The Balaban J connectivity index is 1.71. The number of H-pyrrole nitrogens is 1. The van der Waals surface area contributed by atoms with Crippen LogP contribution in [0.4, 0.5) is 0 Å². The van der Waals surface area contributed by atoms with Crippen LogP contribution in [0.3, 0.4) is 0 Å². The number of aromatic nitrogens is 4. The summed E-state index contributed by atoms with van der Waals surface area (Å²) < 4.78 is 1.91. The van der Waals surface area contributed by atoms with Crippen molar-refractivity contribution in [3.8, 4) is 11.1 Å². The van der Waals surface area contributed by atoms with Crippen molar-refractivity contribution in [1.29, 1.82) is 0 Å². The Hall–Kier alpha value is -3.74. The zero-order valence-electron chi connectivity index (χ0n) is 15.9. The second kappa shape index (κ2) is 7.71. The first kappa shape index (κ1) is 18.6. The molecule has 0 aliphatic heterocycles. The Labute approximate surface area is 166 Å². The highest BCUT2D eigenvalue weighted by Crippen LogP contribution is 2.25. The van der Waals surface area contributed by atoms with Crippen LogP contribution in [0.5, 0.6) is 0 Å². The minimum absolute atomic E-state index is 0.211. The van der Waals surface area contributed by atoms with Crippen molar-refractivity contribution in [2.24, 2.45) is 0 Å². The first-order chi connectivity index (χ1) is 14.1. The lowest BCUT2D eigenvalue weighted by atomic mass is 9.99. The third-order valence-electron chi connectivity index (χ3n) is 4.86. The molecule has 2 heterocycles. The zero-order chi connectivity index (χ0) is 20.4. The molecule has 0 atom stereocenters. The predicted molar refractivity (Wildman–Crippen MR) is 110 cm³/mol. The van der Waals surface area contributed by atoms with Gasteiger partial charge >= 0.3 is 5.97 Å². The number of nitrogens with zero attached hydrogens (tertiary/aromatic N) is 3. The number of aromatic amines is 1. The van der Waals surface area contributed by atoms with Crippen LogP contribution in [-0.2, 0) is 13.0 Å². The van der Waals surface area contributed by atoms with Crippen LogP contribution in [-0.4, -0.2) is 30.6 Å². The largest absolute Gasteiger partial charge is 0.478 e. The van der Waals surface area contributed by atoms with E-state index < -0.39 is 5.97 Å². The third kappa shape index (κ3) is 3.54. The number of imidazole rings is 1. The van der Waals surface area contributed by atoms with Crippen LogP contribution < -0.4 is 5.56 Å². The molecule has 29 heavy (non-hydrogen) atoms. The number of aryl methyl sites for hydroxylation is 1. The number of carbonyl (C=O) groups is 1. The lowest BCUT2D eigenvalue weighted by Gasteiger charge is -2.10. The van der Waals surface area contributed by atoms with E-state index in [2.05, 4.69) is 21.9 Å². The minimum Gasteiger partial charge on any atom is -0.478 e. The van der Waals surface area contributed by atoms with E-state index in [4.69, 9.17) is 0 Å². The van der Waals surface area contributed by atoms with Gasteiger partial charge in [-0.2, -0.15) is 0 Å². The second-order valence-corrected chi connectivity index (χ2v) is 6.82. The van der Waals surface area contributed by atoms with Gasteiger partial charge in [0.25, 0.3) is 5.56 Å². The molecule has 7 nitrogen and oxygen atoms in total. The Morgan fingerprint density at radius 1 is 1.14 bits per heavy atom. The Bertz CT molecular complexity index is 1240. The molecule has 0 radical (unpaired) electrons. The topological polar surface area (TPSA) is 101 Å². The highest BCUT2D eigenvalue weighted by atomic mass is 16.4. The monoisotopic (exact) mass is 388 g/mol. The number of nitrogens with one attached hydrogen (secondary N) is 1. The number of fused-ring (bicyclic) bond motifs is 1. The van der Waals surface area contributed by atoms with Gasteiger partial charge < -0.3 is 14.7 Å². The smallest absolute Gasteiger partial charge is 0.336 e. The van der Waals surface area contributed by atoms with Gasteiger partial charge in [-0.15, -0.1) is 0 Å². The lowest BCUT2D eigenvalue weighted by Crippen LogP contribution is -2.13. The van der Waals surface area contributed by atoms with Crippen LogP contribution in [0, 0.1) is 0 Å². The summed E-state index contributed by atoms with van der Waals surface area (Å²) in [6, 6.07) is 14.6. The van der Waals surface area contributed by atoms with E-state index in [1.165, 1.54) is 6.33 Å². The molecule has 4 rings (SSSR count). The van der Waals surface area contributed by atoms with Crippen LogP contribution >= 0.6 is 0 Å². The van der Waals surface area contributed by atoms with E-state index in [-0.39, 0.29) is 11.1 Å². The van der Waals surface area contributed by atoms with Crippen molar-refractivity contribution < 1.29 is 9.90 Å². The molecule has 2 N–H and O–H groups in total. The van der Waals surface area contributed by atoms with E-state index in [0.717, 1.165) is 29.8 Å². The van der Waals surface area contributed by atoms with E-state index >= 15 is 0 Å². The molecule has 7 heteroatoms. The van der Waals surface area contributed by atoms with E-state index in [1.807, 2.05) is 34.9 Å². The molecule has 0 aliphatic rings. The third-order valence-corrected chi connectivity index (χ3v) is 4.86. The van der Waals surface area contributed by atoms with Crippen LogP contribution in [0.1, 0.15) is 35.1 Å². The van der Waals surface area contributed by atoms with Gasteiger partial charge in [-0.1, -0.05) is 49.4 Å². The normalized spacial score (nSPS) is 11.1. The molecule has 0 fully saturated rings. The Morgan fingerprint density at radius 2 is 1.90 bits per heavy atom. The van der Waals surface area contributed by atoms with Crippen LogP contribution in [0.15, 0.2) is 59.7 Å². The summed E-state index contributed by atoms with van der Waals surface area (Å²) in [7, 11) is 0. The number of rotatable bonds is 6. The molecule has 2 aromatic carbocycles. The van der Waals surface area contributed by atoms with Gasteiger partial charge in [0.05, 0.1) is 11.9 Å². The number of benzene rings is 2. The van der Waals surface area contributed by atoms with Gasteiger partial charge in [0, 0.05) is 13.0 Å². The quantitative estimate of drug-likeness (QED) is 0.527. The number of hydrogen-bond acceptors (Lipinski definition) is 4. The maximum atomic E-state index is 12.3. The molecule has 0 saturated carbocycles. The van der Waals surface area contributed by atoms with Crippen molar-refractivity contribution in [2.75, 3.05) is 0 Å². The molecule has 0 amide bonds. The molecule has 0 spiro atoms. The van der Waals surface area contributed by atoms with Crippen molar-refractivity contribution in [3.05, 3.63) is 82.2 Å². The first-order valence-electron chi connectivity index (χ1n) is 9.43. The van der Waals surface area contributed by atoms with Crippen molar-refractivity contribution in [1.82, 2.24) is 19.5 Å². The van der Waals surface area contributed by atoms with Crippen molar-refractivity contribution in [3.63, 3.8) is 0 Å². The SMILES string of the molecule is CCCc1nc2nc[nH]c(=O)c2n1Cc1ccc(-c2ccccc2C(=O)O)cc1. The predicted octanol–water partition coefficient (Wildman–Crippen LogP) is 3.49. The maximum absolute atomic E-state index is 12.3. The summed E-state index contributed by atoms with van der Waals surface area (Å²) in [5, 5.41) is 9.41. The summed E-state index contributed by atoms with van der Waals surface area (Å²) in [5.41, 5.74) is 3.46. The van der Waals surface area contributed by atoms with Gasteiger partial charge in [-0.3, -0.25) is 4.79 Å². The van der Waals surface area contributed by atoms with Gasteiger partial charge in [-0.05, 0) is 29.2 Å². The van der Waals surface area contributed by atoms with Crippen LogP contribution in [0.2, 0.25) is 0 Å². The number of aromatic carboxylic acids is 1.